The number of hydrogen-bond donors (Lipinski definition) is 1. The molecule has 0 spiro atoms. The van der Waals surface area contributed by atoms with Gasteiger partial charge in [-0.25, -0.2) is 4.68 Å². The fourth-order valence-electron chi connectivity index (χ4n) is 12.5. The smallest absolute Gasteiger partial charge is 0.307 e. The van der Waals surface area contributed by atoms with Gasteiger partial charge in [0.25, 0.3) is 0 Å². The molecule has 9 nitrogen and oxygen atoms in total. The Morgan fingerprint density at radius 3 is 2.40 bits per heavy atom. The first-order valence-electron chi connectivity index (χ1n) is 18.9. The Balaban J connectivity index is 1.43. The number of allylic oxidation sites excluding steroid dienone is 1. The lowest BCUT2D eigenvalue weighted by Gasteiger charge is -2.71. The van der Waals surface area contributed by atoms with Crippen LogP contribution in [0, 0.1) is 62.6 Å². The minimum Gasteiger partial charge on any atom is -0.481 e. The molecule has 5 aliphatic rings. The molecule has 1 N–H and O–H groups in total. The summed E-state index contributed by atoms with van der Waals surface area (Å²) in [6, 6.07) is -0.0298. The van der Waals surface area contributed by atoms with Gasteiger partial charge in [0.1, 0.15) is 6.33 Å². The number of aromatic nitrogens is 4. The van der Waals surface area contributed by atoms with Gasteiger partial charge in [-0.3, -0.25) is 4.79 Å². The highest BCUT2D eigenvalue weighted by molar-refractivity contribution is 5.73. The molecule has 270 valence electrons. The molecule has 2 heterocycles. The zero-order chi connectivity index (χ0) is 35.2. The largest absolute Gasteiger partial charge is 0.481 e. The monoisotopic (exact) mass is 668 g/mol. The van der Waals surface area contributed by atoms with Gasteiger partial charge in [0.15, 0.2) is 0 Å². The number of likely N-dealkylation sites (N-methyl/N-ethyl adjacent to an activating group) is 1. The molecule has 0 amide bonds. The molecule has 0 unspecified atom stereocenters. The van der Waals surface area contributed by atoms with Crippen LogP contribution < -0.4 is 0 Å². The van der Waals surface area contributed by atoms with Crippen LogP contribution in [0.2, 0.25) is 0 Å². The number of aliphatic carboxylic acids is 1. The Morgan fingerprint density at radius 1 is 1.10 bits per heavy atom. The standard InChI is InChI=1S/C39H65N5O4/c1-24(2)26(5)34(6)17-18-36(8)27-13-14-30-35(7)20-47-22-39(30,28(27)15-16-37(36,9)31(34)33(45)46)19-29(44-23-40-41-42-44)32(35)48-21-38(10,25(3)4)43(11)12/h15,23-27,29-32H,13-14,16-22H2,1-12H3,(H,45,46)/t26-,27+,29-,30+,31-,32+,34-,35-,36-,37+,38+,39+/m1/s1. The second-order valence-corrected chi connectivity index (χ2v) is 19.0. The van der Waals surface area contributed by atoms with Crippen molar-refractivity contribution < 1.29 is 19.4 Å². The molecule has 48 heavy (non-hydrogen) atoms. The van der Waals surface area contributed by atoms with E-state index in [1.54, 1.807) is 6.33 Å². The first kappa shape index (κ1) is 36.0. The van der Waals surface area contributed by atoms with Crippen LogP contribution in [-0.2, 0) is 14.3 Å². The molecule has 1 aromatic rings. The predicted octanol–water partition coefficient (Wildman–Crippen LogP) is 7.16. The van der Waals surface area contributed by atoms with Crippen LogP contribution in [0.4, 0.5) is 0 Å². The van der Waals surface area contributed by atoms with E-state index in [0.717, 1.165) is 38.5 Å². The lowest BCUT2D eigenvalue weighted by atomic mass is 9.34. The number of ether oxygens (including phenoxy) is 2. The lowest BCUT2D eigenvalue weighted by Crippen LogP contribution is -2.69. The molecular weight excluding hydrogens is 602 g/mol. The van der Waals surface area contributed by atoms with Crippen molar-refractivity contribution in [2.75, 3.05) is 33.9 Å². The summed E-state index contributed by atoms with van der Waals surface area (Å²) in [6.07, 6.45) is 10.0. The summed E-state index contributed by atoms with van der Waals surface area (Å²) in [5, 5.41) is 23.8. The van der Waals surface area contributed by atoms with Crippen LogP contribution in [0.15, 0.2) is 18.0 Å². The third-order valence-corrected chi connectivity index (χ3v) is 16.6. The van der Waals surface area contributed by atoms with E-state index in [-0.39, 0.29) is 44.8 Å². The Bertz CT molecular complexity index is 1390. The van der Waals surface area contributed by atoms with Crippen LogP contribution in [-0.4, -0.2) is 81.7 Å². The van der Waals surface area contributed by atoms with E-state index in [1.807, 2.05) is 4.68 Å². The third-order valence-electron chi connectivity index (χ3n) is 16.6. The van der Waals surface area contributed by atoms with Gasteiger partial charge in [-0.2, -0.15) is 0 Å². The molecule has 1 aromatic heterocycles. The van der Waals surface area contributed by atoms with Gasteiger partial charge in [0, 0.05) is 16.4 Å². The van der Waals surface area contributed by atoms with Crippen LogP contribution in [0.1, 0.15) is 114 Å². The number of nitrogens with zero attached hydrogens (tertiary/aromatic N) is 5. The van der Waals surface area contributed by atoms with Gasteiger partial charge in [-0.15, -0.1) is 5.10 Å². The minimum absolute atomic E-state index is 0.0298. The molecule has 6 rings (SSSR count). The molecule has 2 bridgehead atoms. The highest BCUT2D eigenvalue weighted by Crippen LogP contribution is 2.75. The van der Waals surface area contributed by atoms with Crippen LogP contribution in [0.25, 0.3) is 0 Å². The maximum Gasteiger partial charge on any atom is 0.307 e. The molecule has 1 saturated heterocycles. The van der Waals surface area contributed by atoms with Gasteiger partial charge in [0.05, 0.1) is 37.9 Å². The molecule has 9 heteroatoms. The van der Waals surface area contributed by atoms with Crippen molar-refractivity contribution in [2.45, 2.75) is 125 Å². The fraction of sp³-hybridized carbons (Fsp3) is 0.897. The summed E-state index contributed by atoms with van der Waals surface area (Å²) in [4.78, 5) is 15.7. The molecule has 4 fully saturated rings. The average molecular weight is 668 g/mol. The summed E-state index contributed by atoms with van der Waals surface area (Å²) in [7, 11) is 4.30. The van der Waals surface area contributed by atoms with Crippen molar-refractivity contribution in [3.8, 4) is 0 Å². The number of fused-ring (bicyclic) bond motifs is 3. The Morgan fingerprint density at radius 2 is 1.81 bits per heavy atom. The highest BCUT2D eigenvalue weighted by atomic mass is 16.5. The van der Waals surface area contributed by atoms with Crippen molar-refractivity contribution in [3.05, 3.63) is 18.0 Å². The zero-order valence-electron chi connectivity index (χ0n) is 32.0. The first-order valence-corrected chi connectivity index (χ1v) is 18.9. The molecule has 12 atom stereocenters. The quantitative estimate of drug-likeness (QED) is 0.277. The normalized spacial score (nSPS) is 44.4. The first-order chi connectivity index (χ1) is 22.3. The van der Waals surface area contributed by atoms with Gasteiger partial charge in [-0.1, -0.05) is 74.0 Å². The maximum atomic E-state index is 13.4. The second kappa shape index (κ2) is 11.9. The van der Waals surface area contributed by atoms with E-state index in [9.17, 15) is 9.90 Å². The van der Waals surface area contributed by atoms with E-state index in [1.165, 1.54) is 5.57 Å². The van der Waals surface area contributed by atoms with Gasteiger partial charge >= 0.3 is 5.97 Å². The molecular formula is C39H65N5O4. The van der Waals surface area contributed by atoms with Gasteiger partial charge in [0.2, 0.25) is 0 Å². The number of hydrogen-bond acceptors (Lipinski definition) is 7. The minimum atomic E-state index is -0.613. The summed E-state index contributed by atoms with van der Waals surface area (Å²) in [6.45, 7) is 25.1. The Kier molecular flexibility index (Phi) is 8.89. The summed E-state index contributed by atoms with van der Waals surface area (Å²) < 4.78 is 15.9. The molecule has 0 radical (unpaired) electrons. The molecule has 4 aliphatic carbocycles. The molecule has 0 aromatic carbocycles. The average Bonchev–Trinajstić information content (AvgIpc) is 3.55. The molecule has 3 saturated carbocycles. The van der Waals surface area contributed by atoms with Crippen LogP contribution in [0.5, 0.6) is 0 Å². The van der Waals surface area contributed by atoms with E-state index in [2.05, 4.69) is 110 Å². The van der Waals surface area contributed by atoms with Crippen molar-refractivity contribution in [3.63, 3.8) is 0 Å². The number of carboxylic acid groups (broad SMARTS) is 1. The number of carboxylic acids is 1. The molecule has 1 aliphatic heterocycles. The fourth-order valence-corrected chi connectivity index (χ4v) is 12.5. The Labute approximate surface area is 290 Å². The zero-order valence-corrected chi connectivity index (χ0v) is 32.0. The van der Waals surface area contributed by atoms with Crippen molar-refractivity contribution in [1.29, 1.82) is 0 Å². The van der Waals surface area contributed by atoms with E-state index in [0.29, 0.717) is 49.4 Å². The van der Waals surface area contributed by atoms with E-state index in [4.69, 9.17) is 9.47 Å². The van der Waals surface area contributed by atoms with Crippen LogP contribution in [0.3, 0.4) is 0 Å². The number of rotatable bonds is 9. The maximum absolute atomic E-state index is 13.4. The second-order valence-electron chi connectivity index (χ2n) is 19.0. The van der Waals surface area contributed by atoms with Gasteiger partial charge < -0.3 is 19.5 Å². The van der Waals surface area contributed by atoms with Crippen molar-refractivity contribution >= 4 is 5.97 Å². The third kappa shape index (κ3) is 4.78. The van der Waals surface area contributed by atoms with Crippen molar-refractivity contribution in [1.82, 2.24) is 25.1 Å². The van der Waals surface area contributed by atoms with Crippen molar-refractivity contribution in [2.24, 2.45) is 62.6 Å². The summed E-state index contributed by atoms with van der Waals surface area (Å²) in [5.74, 6) is 0.883. The predicted molar refractivity (Wildman–Crippen MR) is 187 cm³/mol. The van der Waals surface area contributed by atoms with Gasteiger partial charge in [-0.05, 0) is 116 Å². The summed E-state index contributed by atoms with van der Waals surface area (Å²) in [5.41, 5.74) is 0.305. The Hall–Kier alpha value is -1.84. The SMILES string of the molecule is CC(C)[C@@H](C)[C@@]1(C)CC[C@]2(C)[C@H]3CC[C@@H]4[C@@]5(COC[C@@]4(C)[C@@H](OC[C@@](C)(C(C)C)N(C)C)[C@H](n4cnnn4)C5)C3=CC[C@@]2(C)[C@@H]1C(=O)O. The highest BCUT2D eigenvalue weighted by Gasteiger charge is 2.72. The summed E-state index contributed by atoms with van der Waals surface area (Å²) >= 11 is 0. The van der Waals surface area contributed by atoms with E-state index < -0.39 is 11.9 Å². The van der Waals surface area contributed by atoms with Crippen LogP contribution >= 0.6 is 0 Å². The van der Waals surface area contributed by atoms with E-state index >= 15 is 0 Å². The number of tetrazole rings is 1. The lowest BCUT2D eigenvalue weighted by molar-refractivity contribution is -0.255. The number of carbonyl (C=O) groups is 1. The topological polar surface area (TPSA) is 103 Å².